The van der Waals surface area contributed by atoms with Crippen LogP contribution in [0.3, 0.4) is 0 Å². The van der Waals surface area contributed by atoms with Crippen molar-refractivity contribution in [1.29, 1.82) is 0 Å². The number of aryl methyl sites for hydroxylation is 1. The SMILES string of the molecule is Cc1ccc2cn3cccc3cc2c1-c1nc2ccccc2n1-c1ccccc1. The summed E-state index contributed by atoms with van der Waals surface area (Å²) in [4.78, 5) is 5.09. The van der Waals surface area contributed by atoms with Crippen LogP contribution in [0.5, 0.6) is 0 Å². The molecule has 0 bridgehead atoms. The number of pyridine rings is 1. The minimum Gasteiger partial charge on any atom is -0.323 e. The maximum Gasteiger partial charge on any atom is 0.146 e. The lowest BCUT2D eigenvalue weighted by Gasteiger charge is -2.14. The van der Waals surface area contributed by atoms with E-state index in [1.165, 1.54) is 27.4 Å². The number of nitrogens with zero attached hydrogens (tertiary/aromatic N) is 3. The van der Waals surface area contributed by atoms with E-state index >= 15 is 0 Å². The third-order valence-electron chi connectivity index (χ3n) is 5.67. The molecular formula is C26H19N3. The Bertz CT molecular complexity index is 1500. The second-order valence-electron chi connectivity index (χ2n) is 7.47. The Morgan fingerprint density at radius 1 is 0.793 bits per heavy atom. The maximum atomic E-state index is 5.09. The second-order valence-corrected chi connectivity index (χ2v) is 7.47. The molecule has 3 aromatic carbocycles. The zero-order valence-electron chi connectivity index (χ0n) is 16.1. The Kier molecular flexibility index (Phi) is 3.38. The number of benzene rings is 3. The Hall–Kier alpha value is -3.85. The molecule has 0 aliphatic rings. The van der Waals surface area contributed by atoms with Gasteiger partial charge in [-0.25, -0.2) is 4.98 Å². The molecule has 3 heteroatoms. The average molecular weight is 373 g/mol. The molecule has 0 spiro atoms. The van der Waals surface area contributed by atoms with Crippen molar-refractivity contribution >= 4 is 27.3 Å². The fourth-order valence-electron chi connectivity index (χ4n) is 4.29. The highest BCUT2D eigenvalue weighted by molar-refractivity contribution is 6.00. The summed E-state index contributed by atoms with van der Waals surface area (Å²) in [7, 11) is 0. The first-order valence-electron chi connectivity index (χ1n) is 9.83. The number of imidazole rings is 1. The lowest BCUT2D eigenvalue weighted by atomic mass is 10.00. The number of hydrogen-bond donors (Lipinski definition) is 0. The van der Waals surface area contributed by atoms with Crippen molar-refractivity contribution in [3.63, 3.8) is 0 Å². The minimum absolute atomic E-state index is 0.983. The molecule has 0 amide bonds. The van der Waals surface area contributed by atoms with E-state index in [9.17, 15) is 0 Å². The monoisotopic (exact) mass is 373 g/mol. The van der Waals surface area contributed by atoms with Crippen LogP contribution in [-0.4, -0.2) is 14.0 Å². The van der Waals surface area contributed by atoms with Gasteiger partial charge in [0, 0.05) is 29.2 Å². The standard InChI is InChI=1S/C26H19N3/c1-18-13-14-19-17-28-15-7-10-21(28)16-22(19)25(18)26-27-23-11-5-6-12-24(23)29(26)20-8-3-2-4-9-20/h2-17H,1H3. The van der Waals surface area contributed by atoms with Crippen molar-refractivity contribution < 1.29 is 0 Å². The largest absolute Gasteiger partial charge is 0.323 e. The number of rotatable bonds is 2. The minimum atomic E-state index is 0.983. The van der Waals surface area contributed by atoms with Crippen molar-refractivity contribution in [1.82, 2.24) is 14.0 Å². The van der Waals surface area contributed by atoms with Crippen LogP contribution in [0.1, 0.15) is 5.56 Å². The van der Waals surface area contributed by atoms with Gasteiger partial charge in [-0.2, -0.15) is 0 Å². The summed E-state index contributed by atoms with van der Waals surface area (Å²) >= 11 is 0. The zero-order chi connectivity index (χ0) is 19.4. The van der Waals surface area contributed by atoms with Crippen LogP contribution in [-0.2, 0) is 0 Å². The molecule has 29 heavy (non-hydrogen) atoms. The van der Waals surface area contributed by atoms with Gasteiger partial charge in [-0.1, -0.05) is 42.5 Å². The summed E-state index contributed by atoms with van der Waals surface area (Å²) in [5.74, 6) is 0.983. The molecule has 0 saturated carbocycles. The Labute approximate surface area is 168 Å². The van der Waals surface area contributed by atoms with Gasteiger partial charge in [-0.05, 0) is 65.7 Å². The van der Waals surface area contributed by atoms with Crippen molar-refractivity contribution in [3.05, 3.63) is 103 Å². The number of fused-ring (bicyclic) bond motifs is 3. The first kappa shape index (κ1) is 16.1. The van der Waals surface area contributed by atoms with Crippen LogP contribution < -0.4 is 0 Å². The average Bonchev–Trinajstić information content (AvgIpc) is 3.36. The van der Waals surface area contributed by atoms with E-state index < -0.39 is 0 Å². The van der Waals surface area contributed by atoms with E-state index in [1.807, 2.05) is 0 Å². The highest BCUT2D eigenvalue weighted by Crippen LogP contribution is 2.36. The van der Waals surface area contributed by atoms with Gasteiger partial charge in [0.15, 0.2) is 0 Å². The van der Waals surface area contributed by atoms with Gasteiger partial charge in [0.1, 0.15) is 5.82 Å². The van der Waals surface area contributed by atoms with E-state index in [0.717, 1.165) is 22.5 Å². The van der Waals surface area contributed by atoms with Crippen molar-refractivity contribution in [2.45, 2.75) is 6.92 Å². The summed E-state index contributed by atoms with van der Waals surface area (Å²) in [5.41, 5.74) is 6.84. The lowest BCUT2D eigenvalue weighted by molar-refractivity contribution is 1.10. The summed E-state index contributed by atoms with van der Waals surface area (Å²) in [5, 5.41) is 2.43. The van der Waals surface area contributed by atoms with Gasteiger partial charge in [0.2, 0.25) is 0 Å². The molecule has 3 nitrogen and oxygen atoms in total. The van der Waals surface area contributed by atoms with Gasteiger partial charge < -0.3 is 4.40 Å². The van der Waals surface area contributed by atoms with E-state index in [2.05, 4.69) is 113 Å². The smallest absolute Gasteiger partial charge is 0.146 e. The molecule has 0 aliphatic heterocycles. The number of hydrogen-bond acceptors (Lipinski definition) is 1. The third kappa shape index (κ3) is 2.41. The topological polar surface area (TPSA) is 22.2 Å². The van der Waals surface area contributed by atoms with Crippen LogP contribution in [0.25, 0.3) is 44.4 Å². The van der Waals surface area contributed by atoms with Crippen LogP contribution in [0.15, 0.2) is 97.3 Å². The van der Waals surface area contributed by atoms with Gasteiger partial charge in [-0.3, -0.25) is 4.57 Å². The van der Waals surface area contributed by atoms with Crippen LogP contribution >= 0.6 is 0 Å². The van der Waals surface area contributed by atoms with Crippen LogP contribution in [0.4, 0.5) is 0 Å². The van der Waals surface area contributed by atoms with E-state index in [0.29, 0.717) is 0 Å². The van der Waals surface area contributed by atoms with Crippen molar-refractivity contribution in [2.24, 2.45) is 0 Å². The maximum absolute atomic E-state index is 5.09. The van der Waals surface area contributed by atoms with Crippen LogP contribution in [0.2, 0.25) is 0 Å². The quantitative estimate of drug-likeness (QED) is 0.344. The molecule has 0 saturated heterocycles. The zero-order valence-corrected chi connectivity index (χ0v) is 16.1. The predicted octanol–water partition coefficient (Wildman–Crippen LogP) is 6.41. The predicted molar refractivity (Wildman–Crippen MR) is 120 cm³/mol. The first-order valence-corrected chi connectivity index (χ1v) is 9.83. The molecule has 0 fully saturated rings. The summed E-state index contributed by atoms with van der Waals surface area (Å²) < 4.78 is 4.45. The van der Waals surface area contributed by atoms with Crippen molar-refractivity contribution in [3.8, 4) is 17.1 Å². The third-order valence-corrected chi connectivity index (χ3v) is 5.67. The lowest BCUT2D eigenvalue weighted by Crippen LogP contribution is -1.99. The molecule has 3 heterocycles. The van der Waals surface area contributed by atoms with E-state index in [-0.39, 0.29) is 0 Å². The molecule has 0 N–H and O–H groups in total. The fraction of sp³-hybridized carbons (Fsp3) is 0.0385. The Balaban J connectivity index is 1.77. The molecule has 6 aromatic rings. The number of para-hydroxylation sites is 3. The van der Waals surface area contributed by atoms with Gasteiger partial charge >= 0.3 is 0 Å². The van der Waals surface area contributed by atoms with Crippen LogP contribution in [0, 0.1) is 6.92 Å². The van der Waals surface area contributed by atoms with Gasteiger partial charge in [0.25, 0.3) is 0 Å². The molecule has 0 unspecified atom stereocenters. The number of aromatic nitrogens is 3. The normalized spacial score (nSPS) is 11.6. The van der Waals surface area contributed by atoms with E-state index in [4.69, 9.17) is 4.98 Å². The molecule has 6 rings (SSSR count). The van der Waals surface area contributed by atoms with Crippen molar-refractivity contribution in [2.75, 3.05) is 0 Å². The first-order chi connectivity index (χ1) is 14.3. The molecular weight excluding hydrogens is 354 g/mol. The Morgan fingerprint density at radius 2 is 1.62 bits per heavy atom. The summed E-state index contributed by atoms with van der Waals surface area (Å²) in [6.07, 6.45) is 4.29. The highest BCUT2D eigenvalue weighted by Gasteiger charge is 2.18. The highest BCUT2D eigenvalue weighted by atomic mass is 15.1. The fourth-order valence-corrected chi connectivity index (χ4v) is 4.29. The van der Waals surface area contributed by atoms with E-state index in [1.54, 1.807) is 0 Å². The summed E-state index contributed by atoms with van der Waals surface area (Å²) in [6.45, 7) is 2.17. The molecule has 3 aromatic heterocycles. The molecule has 0 radical (unpaired) electrons. The molecule has 138 valence electrons. The Morgan fingerprint density at radius 3 is 2.52 bits per heavy atom. The van der Waals surface area contributed by atoms with Gasteiger partial charge in [-0.15, -0.1) is 0 Å². The summed E-state index contributed by atoms with van der Waals surface area (Å²) in [6, 6.07) is 29.7. The van der Waals surface area contributed by atoms with Gasteiger partial charge in [0.05, 0.1) is 11.0 Å². The molecule has 0 aliphatic carbocycles. The molecule has 0 atom stereocenters. The second kappa shape index (κ2) is 6.08.